The first-order valence-electron chi connectivity index (χ1n) is 5.53. The minimum Gasteiger partial charge on any atom is -0.330 e. The first kappa shape index (κ1) is 10.9. The number of nitrogens with two attached hydrogens (primary N) is 1. The van der Waals surface area contributed by atoms with Crippen LogP contribution >= 0.6 is 11.8 Å². The zero-order valence-electron chi connectivity index (χ0n) is 8.85. The standard InChI is InChI=1S/C11H17N3S/c12-6-4-9-5-7-13-11(14-9)10-3-1-2-8-15-10/h5,7,10H,1-4,6,8,12H2. The summed E-state index contributed by atoms with van der Waals surface area (Å²) in [4.78, 5) is 8.95. The van der Waals surface area contributed by atoms with E-state index in [2.05, 4.69) is 9.97 Å². The molecule has 0 bridgehead atoms. The second-order valence-electron chi connectivity index (χ2n) is 3.80. The highest BCUT2D eigenvalue weighted by Gasteiger charge is 2.18. The van der Waals surface area contributed by atoms with Gasteiger partial charge < -0.3 is 5.73 Å². The fourth-order valence-corrected chi connectivity index (χ4v) is 3.05. The maximum atomic E-state index is 5.52. The fourth-order valence-electron chi connectivity index (χ4n) is 1.80. The molecule has 2 heterocycles. The van der Waals surface area contributed by atoms with Gasteiger partial charge in [-0.3, -0.25) is 0 Å². The zero-order chi connectivity index (χ0) is 10.5. The van der Waals surface area contributed by atoms with Crippen molar-refractivity contribution in [2.75, 3.05) is 12.3 Å². The third kappa shape index (κ3) is 2.92. The minimum absolute atomic E-state index is 0.511. The molecule has 1 fully saturated rings. The number of hydrogen-bond acceptors (Lipinski definition) is 4. The van der Waals surface area contributed by atoms with Gasteiger partial charge in [-0.25, -0.2) is 9.97 Å². The van der Waals surface area contributed by atoms with Crippen molar-refractivity contribution in [3.63, 3.8) is 0 Å². The fraction of sp³-hybridized carbons (Fsp3) is 0.636. The molecule has 0 aliphatic carbocycles. The summed E-state index contributed by atoms with van der Waals surface area (Å²) in [5.74, 6) is 2.25. The molecule has 1 saturated heterocycles. The van der Waals surface area contributed by atoms with Crippen LogP contribution in [0.5, 0.6) is 0 Å². The van der Waals surface area contributed by atoms with Crippen molar-refractivity contribution in [1.29, 1.82) is 0 Å². The van der Waals surface area contributed by atoms with Crippen LogP contribution in [0.4, 0.5) is 0 Å². The first-order chi connectivity index (χ1) is 7.40. The second kappa shape index (κ2) is 5.47. The molecule has 0 amide bonds. The third-order valence-electron chi connectivity index (χ3n) is 2.60. The Hall–Kier alpha value is -0.610. The molecule has 2 N–H and O–H groups in total. The molecule has 1 aromatic heterocycles. The topological polar surface area (TPSA) is 51.8 Å². The Morgan fingerprint density at radius 2 is 2.40 bits per heavy atom. The summed E-state index contributed by atoms with van der Waals surface area (Å²) in [6, 6.07) is 1.96. The average Bonchev–Trinajstić information content (AvgIpc) is 2.31. The summed E-state index contributed by atoms with van der Waals surface area (Å²) < 4.78 is 0. The maximum absolute atomic E-state index is 5.52. The van der Waals surface area contributed by atoms with Crippen LogP contribution in [-0.2, 0) is 6.42 Å². The van der Waals surface area contributed by atoms with Gasteiger partial charge in [-0.15, -0.1) is 0 Å². The monoisotopic (exact) mass is 223 g/mol. The molecule has 1 aliphatic rings. The van der Waals surface area contributed by atoms with Crippen molar-refractivity contribution in [1.82, 2.24) is 9.97 Å². The lowest BCUT2D eigenvalue weighted by Crippen LogP contribution is -2.10. The van der Waals surface area contributed by atoms with Crippen molar-refractivity contribution < 1.29 is 0 Å². The van der Waals surface area contributed by atoms with Crippen LogP contribution in [0.3, 0.4) is 0 Å². The van der Waals surface area contributed by atoms with Crippen LogP contribution in [0, 0.1) is 0 Å². The summed E-state index contributed by atoms with van der Waals surface area (Å²) in [5.41, 5.74) is 6.60. The van der Waals surface area contributed by atoms with E-state index < -0.39 is 0 Å². The third-order valence-corrected chi connectivity index (χ3v) is 3.97. The summed E-state index contributed by atoms with van der Waals surface area (Å²) >= 11 is 1.99. The van der Waals surface area contributed by atoms with Crippen LogP contribution in [0.25, 0.3) is 0 Å². The van der Waals surface area contributed by atoms with E-state index >= 15 is 0 Å². The van der Waals surface area contributed by atoms with Gasteiger partial charge in [-0.1, -0.05) is 6.42 Å². The van der Waals surface area contributed by atoms with Gasteiger partial charge in [0.25, 0.3) is 0 Å². The van der Waals surface area contributed by atoms with Crippen LogP contribution in [0.15, 0.2) is 12.3 Å². The number of rotatable bonds is 3. The van der Waals surface area contributed by atoms with Gasteiger partial charge in [0.1, 0.15) is 5.82 Å². The Morgan fingerprint density at radius 3 is 3.13 bits per heavy atom. The summed E-state index contributed by atoms with van der Waals surface area (Å²) in [6.45, 7) is 0.661. The second-order valence-corrected chi connectivity index (χ2v) is 5.11. The van der Waals surface area contributed by atoms with E-state index in [0.29, 0.717) is 11.8 Å². The van der Waals surface area contributed by atoms with Gasteiger partial charge in [0.15, 0.2) is 0 Å². The van der Waals surface area contributed by atoms with Crippen molar-refractivity contribution in [3.8, 4) is 0 Å². The molecule has 0 saturated carbocycles. The molecule has 1 aliphatic heterocycles. The molecule has 15 heavy (non-hydrogen) atoms. The Bertz CT molecular complexity index is 310. The van der Waals surface area contributed by atoms with Gasteiger partial charge in [0.05, 0.1) is 5.25 Å². The number of aromatic nitrogens is 2. The number of thioether (sulfide) groups is 1. The van der Waals surface area contributed by atoms with E-state index in [4.69, 9.17) is 5.73 Å². The first-order valence-corrected chi connectivity index (χ1v) is 6.58. The van der Waals surface area contributed by atoms with E-state index in [1.807, 2.05) is 24.0 Å². The van der Waals surface area contributed by atoms with E-state index in [1.165, 1.54) is 25.0 Å². The summed E-state index contributed by atoms with van der Waals surface area (Å²) in [6.07, 6.45) is 6.58. The van der Waals surface area contributed by atoms with Crippen LogP contribution in [0.1, 0.15) is 36.0 Å². The lowest BCUT2D eigenvalue weighted by Gasteiger charge is -2.19. The smallest absolute Gasteiger partial charge is 0.141 e. The van der Waals surface area contributed by atoms with Crippen LogP contribution < -0.4 is 5.73 Å². The molecule has 4 heteroatoms. The SMILES string of the molecule is NCCc1ccnc(C2CCCCS2)n1. The quantitative estimate of drug-likeness (QED) is 0.850. The molecular weight excluding hydrogens is 206 g/mol. The summed E-state index contributed by atoms with van der Waals surface area (Å²) in [5, 5.41) is 0.511. The predicted octanol–water partition coefficient (Wildman–Crippen LogP) is 1.94. The Labute approximate surface area is 94.9 Å². The molecule has 1 aromatic rings. The average molecular weight is 223 g/mol. The number of nitrogens with zero attached hydrogens (tertiary/aromatic N) is 2. The lowest BCUT2D eigenvalue weighted by molar-refractivity contribution is 0.658. The van der Waals surface area contributed by atoms with Gasteiger partial charge >= 0.3 is 0 Å². The van der Waals surface area contributed by atoms with E-state index in [-0.39, 0.29) is 0 Å². The molecule has 2 rings (SSSR count). The number of hydrogen-bond donors (Lipinski definition) is 1. The Morgan fingerprint density at radius 1 is 1.47 bits per heavy atom. The normalized spacial score (nSPS) is 21.5. The molecule has 0 spiro atoms. The molecule has 1 atom stereocenters. The van der Waals surface area contributed by atoms with Gasteiger partial charge in [0.2, 0.25) is 0 Å². The van der Waals surface area contributed by atoms with E-state index in [9.17, 15) is 0 Å². The molecule has 0 radical (unpaired) electrons. The highest BCUT2D eigenvalue weighted by atomic mass is 32.2. The minimum atomic E-state index is 0.511. The highest BCUT2D eigenvalue weighted by Crippen LogP contribution is 2.36. The van der Waals surface area contributed by atoms with Crippen LogP contribution in [0.2, 0.25) is 0 Å². The van der Waals surface area contributed by atoms with Crippen molar-refractivity contribution in [2.24, 2.45) is 5.73 Å². The molecule has 1 unspecified atom stereocenters. The lowest BCUT2D eigenvalue weighted by atomic mass is 10.2. The van der Waals surface area contributed by atoms with Crippen molar-refractivity contribution >= 4 is 11.8 Å². The van der Waals surface area contributed by atoms with Gasteiger partial charge in [0, 0.05) is 18.3 Å². The van der Waals surface area contributed by atoms with E-state index in [1.54, 1.807) is 0 Å². The van der Waals surface area contributed by atoms with Crippen molar-refractivity contribution in [3.05, 3.63) is 23.8 Å². The largest absolute Gasteiger partial charge is 0.330 e. The van der Waals surface area contributed by atoms with Crippen LogP contribution in [-0.4, -0.2) is 22.3 Å². The maximum Gasteiger partial charge on any atom is 0.141 e. The molecule has 3 nitrogen and oxygen atoms in total. The summed E-state index contributed by atoms with van der Waals surface area (Å²) in [7, 11) is 0. The van der Waals surface area contributed by atoms with Gasteiger partial charge in [-0.05, 0) is 31.2 Å². The molecule has 0 aromatic carbocycles. The Kier molecular flexibility index (Phi) is 3.97. The predicted molar refractivity (Wildman–Crippen MR) is 63.8 cm³/mol. The van der Waals surface area contributed by atoms with Gasteiger partial charge in [-0.2, -0.15) is 11.8 Å². The zero-order valence-corrected chi connectivity index (χ0v) is 9.67. The Balaban J connectivity index is 2.09. The highest BCUT2D eigenvalue weighted by molar-refractivity contribution is 7.99. The van der Waals surface area contributed by atoms with Crippen molar-refractivity contribution in [2.45, 2.75) is 30.9 Å². The molecule has 82 valence electrons. The molecular formula is C11H17N3S. The van der Waals surface area contributed by atoms with E-state index in [0.717, 1.165) is 17.9 Å².